The van der Waals surface area contributed by atoms with Crippen molar-refractivity contribution in [3.05, 3.63) is 53.6 Å². The quantitative estimate of drug-likeness (QED) is 0.843. The van der Waals surface area contributed by atoms with E-state index in [4.69, 9.17) is 14.2 Å². The molecule has 2 bridgehead atoms. The molecular weight excluding hydrogens is 368 g/mol. The van der Waals surface area contributed by atoms with Crippen LogP contribution in [0.1, 0.15) is 41.6 Å². The fourth-order valence-electron chi connectivity index (χ4n) is 4.93. The van der Waals surface area contributed by atoms with Crippen LogP contribution in [0.5, 0.6) is 17.2 Å². The second-order valence-electron chi connectivity index (χ2n) is 8.12. The number of carbonyl (C=O) groups excluding carboxylic acids is 1. The molecule has 0 aromatic heterocycles. The van der Waals surface area contributed by atoms with Crippen molar-refractivity contribution in [2.75, 3.05) is 13.9 Å². The normalized spacial score (nSPS) is 25.1. The number of carbonyl (C=O) groups is 1. The number of fused-ring (bicyclic) bond motifs is 3. The minimum Gasteiger partial charge on any atom is -0.497 e. The lowest BCUT2D eigenvalue weighted by Gasteiger charge is -2.39. The fraction of sp³-hybridized carbons (Fsp3) is 0.435. The van der Waals surface area contributed by atoms with Gasteiger partial charge in [-0.2, -0.15) is 0 Å². The SMILES string of the molecule is COc1cccc(C(=O)NC2CC3CCC(C2)N3Cc2ccc3c(c2)OCO3)c1. The minimum absolute atomic E-state index is 0.0162. The number of ether oxygens (including phenoxy) is 3. The molecular formula is C23H26N2O4. The monoisotopic (exact) mass is 394 g/mol. The number of hydrogen-bond donors (Lipinski definition) is 1. The van der Waals surface area contributed by atoms with Gasteiger partial charge in [0.15, 0.2) is 11.5 Å². The number of piperidine rings is 1. The minimum atomic E-state index is -0.0162. The summed E-state index contributed by atoms with van der Waals surface area (Å²) in [4.78, 5) is 15.3. The van der Waals surface area contributed by atoms with Gasteiger partial charge in [0.2, 0.25) is 6.79 Å². The predicted molar refractivity (Wildman–Crippen MR) is 108 cm³/mol. The van der Waals surface area contributed by atoms with Crippen molar-refractivity contribution in [1.29, 1.82) is 0 Å². The Morgan fingerprint density at radius 1 is 1.10 bits per heavy atom. The van der Waals surface area contributed by atoms with E-state index in [-0.39, 0.29) is 11.9 Å². The molecule has 0 radical (unpaired) electrons. The molecule has 2 fully saturated rings. The third-order valence-corrected chi connectivity index (χ3v) is 6.35. The molecule has 6 nitrogen and oxygen atoms in total. The van der Waals surface area contributed by atoms with Gasteiger partial charge in [0, 0.05) is 30.2 Å². The standard InChI is InChI=1S/C23H26N2O4/c1-27-20-4-2-3-16(10-20)23(26)24-17-11-18-6-7-19(12-17)25(18)13-15-5-8-21-22(9-15)29-14-28-21/h2-5,8-10,17-19H,6-7,11-14H2,1H3,(H,24,26). The van der Waals surface area contributed by atoms with E-state index in [1.807, 2.05) is 24.3 Å². The Morgan fingerprint density at radius 2 is 1.90 bits per heavy atom. The second-order valence-corrected chi connectivity index (χ2v) is 8.12. The van der Waals surface area contributed by atoms with E-state index in [0.717, 1.165) is 30.9 Å². The summed E-state index contributed by atoms with van der Waals surface area (Å²) in [6, 6.07) is 14.8. The largest absolute Gasteiger partial charge is 0.497 e. The van der Waals surface area contributed by atoms with E-state index in [0.29, 0.717) is 30.2 Å². The average Bonchev–Trinajstić information content (AvgIpc) is 3.29. The lowest BCUT2D eigenvalue weighted by atomic mass is 9.96. The maximum absolute atomic E-state index is 12.7. The molecule has 1 N–H and O–H groups in total. The molecule has 3 aliphatic rings. The van der Waals surface area contributed by atoms with Crippen molar-refractivity contribution in [2.45, 2.75) is 50.4 Å². The highest BCUT2D eigenvalue weighted by Crippen LogP contribution is 2.38. The van der Waals surface area contributed by atoms with Gasteiger partial charge in [-0.15, -0.1) is 0 Å². The number of methoxy groups -OCH3 is 1. The van der Waals surface area contributed by atoms with Crippen LogP contribution in [0, 0.1) is 0 Å². The molecule has 1 amide bonds. The number of amides is 1. The Hall–Kier alpha value is -2.73. The van der Waals surface area contributed by atoms with Gasteiger partial charge >= 0.3 is 0 Å². The summed E-state index contributed by atoms with van der Waals surface area (Å²) in [7, 11) is 1.62. The maximum Gasteiger partial charge on any atom is 0.251 e. The van der Waals surface area contributed by atoms with Gasteiger partial charge in [0.1, 0.15) is 5.75 Å². The summed E-state index contributed by atoms with van der Waals surface area (Å²) in [6.45, 7) is 1.23. The van der Waals surface area contributed by atoms with Crippen molar-refractivity contribution in [3.63, 3.8) is 0 Å². The van der Waals surface area contributed by atoms with Gasteiger partial charge in [-0.3, -0.25) is 9.69 Å². The molecule has 2 aromatic rings. The zero-order chi connectivity index (χ0) is 19.8. The van der Waals surface area contributed by atoms with Crippen LogP contribution in [0.25, 0.3) is 0 Å². The van der Waals surface area contributed by atoms with Crippen LogP contribution in [0.4, 0.5) is 0 Å². The predicted octanol–water partition coefficient (Wildman–Crippen LogP) is 3.35. The van der Waals surface area contributed by atoms with Crippen molar-refractivity contribution in [3.8, 4) is 17.2 Å². The molecule has 2 atom stereocenters. The molecule has 0 saturated carbocycles. The molecule has 6 heteroatoms. The van der Waals surface area contributed by atoms with Crippen LogP contribution in [0.15, 0.2) is 42.5 Å². The zero-order valence-corrected chi connectivity index (χ0v) is 16.6. The van der Waals surface area contributed by atoms with Crippen LogP contribution in [0.2, 0.25) is 0 Å². The molecule has 3 aliphatic heterocycles. The summed E-state index contributed by atoms with van der Waals surface area (Å²) < 4.78 is 16.2. The molecule has 29 heavy (non-hydrogen) atoms. The van der Waals surface area contributed by atoms with Crippen molar-refractivity contribution < 1.29 is 19.0 Å². The zero-order valence-electron chi connectivity index (χ0n) is 16.6. The Morgan fingerprint density at radius 3 is 2.69 bits per heavy atom. The number of rotatable bonds is 5. The van der Waals surface area contributed by atoms with Gasteiger partial charge < -0.3 is 19.5 Å². The molecule has 152 valence electrons. The van der Waals surface area contributed by atoms with E-state index in [1.165, 1.54) is 18.4 Å². The fourth-order valence-corrected chi connectivity index (χ4v) is 4.93. The Bertz CT molecular complexity index is 902. The molecule has 2 aromatic carbocycles. The third-order valence-electron chi connectivity index (χ3n) is 6.35. The van der Waals surface area contributed by atoms with E-state index in [9.17, 15) is 4.79 Å². The Balaban J connectivity index is 1.22. The van der Waals surface area contributed by atoms with Crippen molar-refractivity contribution in [2.24, 2.45) is 0 Å². The molecule has 3 heterocycles. The van der Waals surface area contributed by atoms with E-state index in [2.05, 4.69) is 22.3 Å². The van der Waals surface area contributed by atoms with Crippen molar-refractivity contribution in [1.82, 2.24) is 10.2 Å². The molecule has 2 unspecified atom stereocenters. The smallest absolute Gasteiger partial charge is 0.251 e. The van der Waals surface area contributed by atoms with Gasteiger partial charge in [0.05, 0.1) is 7.11 Å². The summed E-state index contributed by atoms with van der Waals surface area (Å²) >= 11 is 0. The summed E-state index contributed by atoms with van der Waals surface area (Å²) in [6.07, 6.45) is 4.38. The van der Waals surface area contributed by atoms with Crippen molar-refractivity contribution >= 4 is 5.91 Å². The lowest BCUT2D eigenvalue weighted by molar-refractivity contribution is 0.0827. The van der Waals surface area contributed by atoms with Crippen LogP contribution >= 0.6 is 0 Å². The summed E-state index contributed by atoms with van der Waals surface area (Å²) in [5.41, 5.74) is 1.91. The van der Waals surface area contributed by atoms with Crippen LogP contribution in [-0.4, -0.2) is 42.8 Å². The highest BCUT2D eigenvalue weighted by Gasteiger charge is 2.41. The first-order valence-electron chi connectivity index (χ1n) is 10.3. The topological polar surface area (TPSA) is 60.0 Å². The van der Waals surface area contributed by atoms with Gasteiger partial charge in [-0.25, -0.2) is 0 Å². The maximum atomic E-state index is 12.7. The molecule has 5 rings (SSSR count). The first-order valence-corrected chi connectivity index (χ1v) is 10.3. The van der Waals surface area contributed by atoms with Crippen LogP contribution < -0.4 is 19.5 Å². The first kappa shape index (κ1) is 18.3. The van der Waals surface area contributed by atoms with E-state index < -0.39 is 0 Å². The van der Waals surface area contributed by atoms with Crippen LogP contribution in [0.3, 0.4) is 0 Å². The third kappa shape index (κ3) is 3.65. The highest BCUT2D eigenvalue weighted by molar-refractivity contribution is 5.94. The van der Waals surface area contributed by atoms with Gasteiger partial charge in [-0.05, 0) is 61.6 Å². The van der Waals surface area contributed by atoms with Gasteiger partial charge in [-0.1, -0.05) is 12.1 Å². The number of nitrogens with zero attached hydrogens (tertiary/aromatic N) is 1. The van der Waals surface area contributed by atoms with Gasteiger partial charge in [0.25, 0.3) is 5.91 Å². The number of hydrogen-bond acceptors (Lipinski definition) is 5. The number of nitrogens with one attached hydrogen (secondary N) is 1. The Labute approximate surface area is 170 Å². The van der Waals surface area contributed by atoms with Crippen LogP contribution in [-0.2, 0) is 6.54 Å². The lowest BCUT2D eigenvalue weighted by Crippen LogP contribution is -2.49. The summed E-state index contributed by atoms with van der Waals surface area (Å²) in [5, 5.41) is 3.25. The molecule has 2 saturated heterocycles. The summed E-state index contributed by atoms with van der Waals surface area (Å²) in [5.74, 6) is 2.36. The average molecular weight is 394 g/mol. The van der Waals surface area contributed by atoms with E-state index in [1.54, 1.807) is 13.2 Å². The van der Waals surface area contributed by atoms with E-state index >= 15 is 0 Å². The second kappa shape index (κ2) is 7.59. The Kier molecular flexibility index (Phi) is 4.79. The molecule has 0 aliphatic carbocycles. The molecule has 0 spiro atoms. The highest BCUT2D eigenvalue weighted by atomic mass is 16.7. The first-order chi connectivity index (χ1) is 14.2. The number of benzene rings is 2.